The molecule has 0 unspecified atom stereocenters. The summed E-state index contributed by atoms with van der Waals surface area (Å²) in [5.41, 5.74) is 2.09. The lowest BCUT2D eigenvalue weighted by molar-refractivity contribution is 0.378. The topological polar surface area (TPSA) is 47.9 Å². The van der Waals surface area contributed by atoms with Gasteiger partial charge in [0.05, 0.1) is 17.8 Å². The molecule has 0 aliphatic carbocycles. The van der Waals surface area contributed by atoms with Gasteiger partial charge in [0.15, 0.2) is 0 Å². The minimum absolute atomic E-state index is 0.426. The maximum Gasteiger partial charge on any atom is 0.316 e. The Balaban J connectivity index is 0. The predicted molar refractivity (Wildman–Crippen MR) is 92.3 cm³/mol. The zero-order valence-electron chi connectivity index (χ0n) is 14.8. The minimum atomic E-state index is 0.426. The lowest BCUT2D eigenvalue weighted by Crippen LogP contribution is -1.91. The molecule has 4 nitrogen and oxygen atoms in total. The van der Waals surface area contributed by atoms with E-state index < -0.39 is 0 Å². The van der Waals surface area contributed by atoms with Crippen molar-refractivity contribution in [2.24, 2.45) is 0 Å². The Labute approximate surface area is 133 Å². The van der Waals surface area contributed by atoms with Crippen LogP contribution in [0.1, 0.15) is 49.0 Å². The number of hydrogen-bond donors (Lipinski definition) is 0. The fourth-order valence-electron chi connectivity index (χ4n) is 1.16. The SMILES string of the molecule is CC.CC.COc1nccc(C)n1.Cc1nc(C)c(C)s1. The van der Waals surface area contributed by atoms with Gasteiger partial charge in [0.2, 0.25) is 0 Å². The summed E-state index contributed by atoms with van der Waals surface area (Å²) in [6.07, 6.45) is 1.67. The predicted octanol–water partition coefficient (Wildman–Crippen LogP) is 4.91. The summed E-state index contributed by atoms with van der Waals surface area (Å²) in [7, 11) is 1.55. The van der Waals surface area contributed by atoms with E-state index >= 15 is 0 Å². The van der Waals surface area contributed by atoms with Gasteiger partial charge in [-0.25, -0.2) is 15.0 Å². The summed E-state index contributed by atoms with van der Waals surface area (Å²) in [5, 5.41) is 1.17. The van der Waals surface area contributed by atoms with Crippen LogP contribution in [0.4, 0.5) is 0 Å². The summed E-state index contributed by atoms with van der Waals surface area (Å²) >= 11 is 1.76. The van der Waals surface area contributed by atoms with E-state index in [0.717, 1.165) is 5.69 Å². The number of aromatic nitrogens is 3. The summed E-state index contributed by atoms with van der Waals surface area (Å²) in [6, 6.07) is 2.25. The molecule has 0 fully saturated rings. The van der Waals surface area contributed by atoms with Gasteiger partial charge in [0.25, 0.3) is 0 Å². The fraction of sp³-hybridized carbons (Fsp3) is 0.562. The molecular formula is C16H29N3OS. The normalized spacial score (nSPS) is 8.24. The maximum absolute atomic E-state index is 4.77. The van der Waals surface area contributed by atoms with Crippen LogP contribution < -0.4 is 4.74 Å². The first-order chi connectivity index (χ1) is 10.0. The fourth-order valence-corrected chi connectivity index (χ4v) is 1.98. The highest BCUT2D eigenvalue weighted by Crippen LogP contribution is 2.14. The average molecular weight is 311 g/mol. The molecule has 0 saturated carbocycles. The zero-order valence-corrected chi connectivity index (χ0v) is 15.6. The standard InChI is InChI=1S/C6H8N2O.C6H9NS.2C2H6/c1-5-3-4-7-6(8-5)9-2;1-4-5(2)8-6(3)7-4;2*1-2/h3-4H,1-2H3;1-3H3;2*1-2H3. The van der Waals surface area contributed by atoms with Crippen LogP contribution >= 0.6 is 11.3 Å². The summed E-state index contributed by atoms with van der Waals surface area (Å²) in [6.45, 7) is 16.1. The molecule has 0 spiro atoms. The first kappa shape index (κ1) is 21.8. The van der Waals surface area contributed by atoms with Crippen molar-refractivity contribution in [2.75, 3.05) is 7.11 Å². The van der Waals surface area contributed by atoms with E-state index in [1.54, 1.807) is 24.6 Å². The molecule has 0 N–H and O–H groups in total. The lowest BCUT2D eigenvalue weighted by atomic mass is 10.4. The molecule has 0 aliphatic rings. The molecule has 2 rings (SSSR count). The molecule has 5 heteroatoms. The third kappa shape index (κ3) is 9.96. The van der Waals surface area contributed by atoms with E-state index in [0.29, 0.717) is 6.01 Å². The number of hydrogen-bond acceptors (Lipinski definition) is 5. The van der Waals surface area contributed by atoms with Gasteiger partial charge in [-0.1, -0.05) is 27.7 Å². The molecule has 0 aromatic carbocycles. The van der Waals surface area contributed by atoms with Gasteiger partial charge in [-0.2, -0.15) is 0 Å². The Bertz CT molecular complexity index is 465. The van der Waals surface area contributed by atoms with Gasteiger partial charge in [0, 0.05) is 16.8 Å². The van der Waals surface area contributed by atoms with Crippen LogP contribution in [0.2, 0.25) is 0 Å². The number of thiazole rings is 1. The van der Waals surface area contributed by atoms with Gasteiger partial charge >= 0.3 is 6.01 Å². The molecule has 0 bridgehead atoms. The van der Waals surface area contributed by atoms with Crippen molar-refractivity contribution in [3.63, 3.8) is 0 Å². The maximum atomic E-state index is 4.77. The molecule has 0 atom stereocenters. The molecule has 0 amide bonds. The smallest absolute Gasteiger partial charge is 0.316 e. The van der Waals surface area contributed by atoms with Crippen LogP contribution in [0.5, 0.6) is 6.01 Å². The Morgan fingerprint density at radius 2 is 1.52 bits per heavy atom. The van der Waals surface area contributed by atoms with E-state index in [-0.39, 0.29) is 0 Å². The Kier molecular flexibility index (Phi) is 14.0. The zero-order chi connectivity index (χ0) is 16.8. The van der Waals surface area contributed by atoms with Crippen molar-refractivity contribution in [3.8, 4) is 6.01 Å². The van der Waals surface area contributed by atoms with Gasteiger partial charge < -0.3 is 4.74 Å². The van der Waals surface area contributed by atoms with Crippen LogP contribution in [0.25, 0.3) is 0 Å². The third-order valence-electron chi connectivity index (χ3n) is 2.09. The third-order valence-corrected chi connectivity index (χ3v) is 3.08. The van der Waals surface area contributed by atoms with Crippen LogP contribution in [0, 0.1) is 27.7 Å². The second-order valence-corrected chi connectivity index (χ2v) is 4.97. The molecule has 120 valence electrons. The van der Waals surface area contributed by atoms with E-state index in [9.17, 15) is 0 Å². The second-order valence-electron chi connectivity index (χ2n) is 3.56. The first-order valence-electron chi connectivity index (χ1n) is 7.27. The molecule has 0 radical (unpaired) electrons. The number of rotatable bonds is 1. The van der Waals surface area contributed by atoms with Crippen molar-refractivity contribution in [1.29, 1.82) is 0 Å². The number of methoxy groups -OCH3 is 1. The van der Waals surface area contributed by atoms with Crippen molar-refractivity contribution in [2.45, 2.75) is 55.4 Å². The highest BCUT2D eigenvalue weighted by Gasteiger charge is 1.95. The summed E-state index contributed by atoms with van der Waals surface area (Å²) in [4.78, 5) is 13.3. The number of aryl methyl sites for hydroxylation is 4. The number of nitrogens with zero attached hydrogens (tertiary/aromatic N) is 3. The van der Waals surface area contributed by atoms with Gasteiger partial charge in [-0.15, -0.1) is 11.3 Å². The van der Waals surface area contributed by atoms with Crippen molar-refractivity contribution >= 4 is 11.3 Å². The van der Waals surface area contributed by atoms with Crippen LogP contribution in [-0.4, -0.2) is 22.1 Å². The number of ether oxygens (including phenoxy) is 1. The van der Waals surface area contributed by atoms with Crippen LogP contribution in [-0.2, 0) is 0 Å². The lowest BCUT2D eigenvalue weighted by Gasteiger charge is -1.95. The second kappa shape index (κ2) is 13.5. The molecule has 2 heterocycles. The Morgan fingerprint density at radius 3 is 1.76 bits per heavy atom. The molecule has 2 aromatic rings. The van der Waals surface area contributed by atoms with Crippen molar-refractivity contribution in [1.82, 2.24) is 15.0 Å². The highest BCUT2D eigenvalue weighted by molar-refractivity contribution is 7.11. The Hall–Kier alpha value is -1.49. The van der Waals surface area contributed by atoms with Crippen molar-refractivity contribution < 1.29 is 4.74 Å². The first-order valence-corrected chi connectivity index (χ1v) is 8.09. The van der Waals surface area contributed by atoms with E-state index in [2.05, 4.69) is 21.9 Å². The van der Waals surface area contributed by atoms with E-state index in [1.807, 2.05) is 54.5 Å². The quantitative estimate of drug-likeness (QED) is 0.750. The largest absolute Gasteiger partial charge is 0.467 e. The Morgan fingerprint density at radius 1 is 0.952 bits per heavy atom. The van der Waals surface area contributed by atoms with Crippen molar-refractivity contribution in [3.05, 3.63) is 33.5 Å². The van der Waals surface area contributed by atoms with Gasteiger partial charge in [-0.3, -0.25) is 0 Å². The van der Waals surface area contributed by atoms with Crippen LogP contribution in [0.3, 0.4) is 0 Å². The van der Waals surface area contributed by atoms with Gasteiger partial charge in [-0.05, 0) is 33.8 Å². The van der Waals surface area contributed by atoms with Crippen LogP contribution in [0.15, 0.2) is 12.3 Å². The summed E-state index contributed by atoms with van der Waals surface area (Å²) < 4.78 is 4.77. The molecule has 2 aromatic heterocycles. The molecule has 0 aliphatic heterocycles. The van der Waals surface area contributed by atoms with E-state index in [4.69, 9.17) is 4.74 Å². The molecule has 0 saturated heterocycles. The minimum Gasteiger partial charge on any atom is -0.467 e. The molecule has 21 heavy (non-hydrogen) atoms. The highest BCUT2D eigenvalue weighted by atomic mass is 32.1. The summed E-state index contributed by atoms with van der Waals surface area (Å²) in [5.74, 6) is 0. The average Bonchev–Trinajstić information content (AvgIpc) is 2.80. The van der Waals surface area contributed by atoms with E-state index in [1.165, 1.54) is 15.6 Å². The van der Waals surface area contributed by atoms with Gasteiger partial charge in [0.1, 0.15) is 0 Å². The monoisotopic (exact) mass is 311 g/mol. The molecular weight excluding hydrogens is 282 g/mol.